The molecular formula is C10H16O. The molecular weight excluding hydrogens is 136 g/mol. The number of hydrogen-bond donors (Lipinski definition) is 1. The molecule has 0 fully saturated rings. The van der Waals surface area contributed by atoms with Gasteiger partial charge in [-0.15, -0.1) is 0 Å². The van der Waals surface area contributed by atoms with E-state index in [1.807, 2.05) is 0 Å². The van der Waals surface area contributed by atoms with E-state index in [0.717, 1.165) is 12.8 Å². The van der Waals surface area contributed by atoms with Gasteiger partial charge in [0.05, 0.1) is 6.61 Å². The van der Waals surface area contributed by atoms with Crippen LogP contribution in [0.1, 0.15) is 26.2 Å². The molecule has 1 aliphatic carbocycles. The summed E-state index contributed by atoms with van der Waals surface area (Å²) in [4.78, 5) is 0. The van der Waals surface area contributed by atoms with Crippen molar-refractivity contribution in [1.29, 1.82) is 0 Å². The highest BCUT2D eigenvalue weighted by Gasteiger charge is 2.13. The van der Waals surface area contributed by atoms with Crippen molar-refractivity contribution < 1.29 is 5.11 Å². The highest BCUT2D eigenvalue weighted by atomic mass is 16.3. The third-order valence-electron chi connectivity index (χ3n) is 2.40. The summed E-state index contributed by atoms with van der Waals surface area (Å²) < 4.78 is 0. The average Bonchev–Trinajstić information content (AvgIpc) is 2.05. The number of hydrogen-bond acceptors (Lipinski definition) is 1. The standard InChI is InChI=1S/C10H16O/c1-8(2)10-5-3-9(7-11)4-6-10/h3,10-11H,1,4-7H2,2H3/t10-/m0/s1. The largest absolute Gasteiger partial charge is 0.392 e. The topological polar surface area (TPSA) is 20.2 Å². The Labute approximate surface area is 68.4 Å². The van der Waals surface area contributed by atoms with Crippen LogP contribution in [0, 0.1) is 5.92 Å². The third kappa shape index (κ3) is 2.19. The van der Waals surface area contributed by atoms with Gasteiger partial charge in [-0.05, 0) is 37.7 Å². The maximum atomic E-state index is 8.83. The van der Waals surface area contributed by atoms with E-state index in [-0.39, 0.29) is 6.61 Å². The van der Waals surface area contributed by atoms with Crippen molar-refractivity contribution >= 4 is 0 Å². The van der Waals surface area contributed by atoms with Crippen LogP contribution in [-0.2, 0) is 0 Å². The summed E-state index contributed by atoms with van der Waals surface area (Å²) in [5, 5.41) is 8.83. The first kappa shape index (κ1) is 8.54. The number of aliphatic hydroxyl groups excluding tert-OH is 1. The van der Waals surface area contributed by atoms with E-state index >= 15 is 0 Å². The lowest BCUT2D eigenvalue weighted by atomic mass is 9.86. The molecule has 0 aliphatic heterocycles. The van der Waals surface area contributed by atoms with Gasteiger partial charge >= 0.3 is 0 Å². The fourth-order valence-electron chi connectivity index (χ4n) is 1.48. The second-order valence-corrected chi connectivity index (χ2v) is 3.34. The van der Waals surface area contributed by atoms with Gasteiger partial charge in [-0.1, -0.05) is 18.2 Å². The van der Waals surface area contributed by atoms with Crippen LogP contribution in [0.4, 0.5) is 0 Å². The molecule has 1 heteroatoms. The van der Waals surface area contributed by atoms with Gasteiger partial charge in [0.15, 0.2) is 0 Å². The predicted molar refractivity (Wildman–Crippen MR) is 47.3 cm³/mol. The summed E-state index contributed by atoms with van der Waals surface area (Å²) in [6, 6.07) is 0. The van der Waals surface area contributed by atoms with E-state index in [0.29, 0.717) is 5.92 Å². The summed E-state index contributed by atoms with van der Waals surface area (Å²) in [5.74, 6) is 0.658. The Bertz CT molecular complexity index is 179. The van der Waals surface area contributed by atoms with Crippen LogP contribution in [0.2, 0.25) is 0 Å². The Morgan fingerprint density at radius 1 is 1.82 bits per heavy atom. The molecule has 1 aliphatic rings. The maximum Gasteiger partial charge on any atom is 0.0641 e. The van der Waals surface area contributed by atoms with Crippen molar-refractivity contribution in [2.24, 2.45) is 5.92 Å². The molecule has 1 rings (SSSR count). The minimum atomic E-state index is 0.239. The molecule has 0 saturated heterocycles. The van der Waals surface area contributed by atoms with Gasteiger partial charge in [-0.2, -0.15) is 0 Å². The second-order valence-electron chi connectivity index (χ2n) is 3.34. The van der Waals surface area contributed by atoms with Gasteiger partial charge in [0.2, 0.25) is 0 Å². The summed E-state index contributed by atoms with van der Waals surface area (Å²) in [6.45, 7) is 6.26. The van der Waals surface area contributed by atoms with E-state index in [4.69, 9.17) is 5.11 Å². The number of rotatable bonds is 2. The normalized spacial score (nSPS) is 24.5. The van der Waals surface area contributed by atoms with Crippen LogP contribution in [0.15, 0.2) is 23.8 Å². The summed E-state index contributed by atoms with van der Waals surface area (Å²) in [5.41, 5.74) is 2.47. The van der Waals surface area contributed by atoms with E-state index in [9.17, 15) is 0 Å². The molecule has 0 aromatic heterocycles. The fourth-order valence-corrected chi connectivity index (χ4v) is 1.48. The molecule has 0 spiro atoms. The average molecular weight is 152 g/mol. The molecule has 1 N–H and O–H groups in total. The zero-order valence-corrected chi connectivity index (χ0v) is 7.14. The Morgan fingerprint density at radius 3 is 2.91 bits per heavy atom. The molecule has 0 radical (unpaired) electrons. The molecule has 0 bridgehead atoms. The van der Waals surface area contributed by atoms with Crippen LogP contribution < -0.4 is 0 Å². The lowest BCUT2D eigenvalue weighted by Gasteiger charge is -2.20. The Kier molecular flexibility index (Phi) is 2.89. The van der Waals surface area contributed by atoms with Gasteiger partial charge in [-0.3, -0.25) is 0 Å². The van der Waals surface area contributed by atoms with Crippen molar-refractivity contribution in [3.05, 3.63) is 23.8 Å². The van der Waals surface area contributed by atoms with Crippen molar-refractivity contribution in [2.45, 2.75) is 26.2 Å². The van der Waals surface area contributed by atoms with Gasteiger partial charge in [0, 0.05) is 0 Å². The first-order chi connectivity index (χ1) is 5.24. The molecule has 0 unspecified atom stereocenters. The van der Waals surface area contributed by atoms with E-state index in [1.165, 1.54) is 17.6 Å². The predicted octanol–water partition coefficient (Wildman–Crippen LogP) is 2.28. The Balaban J connectivity index is 2.47. The smallest absolute Gasteiger partial charge is 0.0641 e. The van der Waals surface area contributed by atoms with Gasteiger partial charge in [-0.25, -0.2) is 0 Å². The Morgan fingerprint density at radius 2 is 2.55 bits per heavy atom. The minimum absolute atomic E-state index is 0.239. The van der Waals surface area contributed by atoms with Gasteiger partial charge in [0.25, 0.3) is 0 Å². The minimum Gasteiger partial charge on any atom is -0.392 e. The van der Waals surface area contributed by atoms with Crippen molar-refractivity contribution in [1.82, 2.24) is 0 Å². The fraction of sp³-hybridized carbons (Fsp3) is 0.600. The maximum absolute atomic E-state index is 8.83. The van der Waals surface area contributed by atoms with Crippen molar-refractivity contribution in [3.63, 3.8) is 0 Å². The van der Waals surface area contributed by atoms with Gasteiger partial charge in [0.1, 0.15) is 0 Å². The molecule has 0 saturated carbocycles. The summed E-state index contributed by atoms with van der Waals surface area (Å²) in [7, 11) is 0. The molecule has 62 valence electrons. The zero-order chi connectivity index (χ0) is 8.27. The van der Waals surface area contributed by atoms with Crippen molar-refractivity contribution in [3.8, 4) is 0 Å². The van der Waals surface area contributed by atoms with Crippen LogP contribution >= 0.6 is 0 Å². The highest BCUT2D eigenvalue weighted by molar-refractivity contribution is 5.11. The molecule has 0 amide bonds. The third-order valence-corrected chi connectivity index (χ3v) is 2.40. The van der Waals surface area contributed by atoms with E-state index in [2.05, 4.69) is 19.6 Å². The first-order valence-corrected chi connectivity index (χ1v) is 4.18. The van der Waals surface area contributed by atoms with Gasteiger partial charge < -0.3 is 5.11 Å². The summed E-state index contributed by atoms with van der Waals surface area (Å²) >= 11 is 0. The monoisotopic (exact) mass is 152 g/mol. The van der Waals surface area contributed by atoms with Crippen LogP contribution in [0.5, 0.6) is 0 Å². The Hall–Kier alpha value is -0.560. The number of allylic oxidation sites excluding steroid dienone is 2. The second kappa shape index (κ2) is 3.72. The van der Waals surface area contributed by atoms with Crippen molar-refractivity contribution in [2.75, 3.05) is 6.61 Å². The number of aliphatic hydroxyl groups is 1. The lowest BCUT2D eigenvalue weighted by molar-refractivity contribution is 0.319. The SMILES string of the molecule is C=C(C)[C@H]1CC=C(CO)CC1. The zero-order valence-electron chi connectivity index (χ0n) is 7.14. The first-order valence-electron chi connectivity index (χ1n) is 4.18. The molecule has 1 nitrogen and oxygen atoms in total. The molecule has 0 aromatic rings. The van der Waals surface area contributed by atoms with Crippen LogP contribution in [0.3, 0.4) is 0 Å². The van der Waals surface area contributed by atoms with Crippen LogP contribution in [0.25, 0.3) is 0 Å². The van der Waals surface area contributed by atoms with E-state index in [1.54, 1.807) is 0 Å². The van der Waals surface area contributed by atoms with E-state index < -0.39 is 0 Å². The summed E-state index contributed by atoms with van der Waals surface area (Å²) in [6.07, 6.45) is 5.45. The molecule has 11 heavy (non-hydrogen) atoms. The highest BCUT2D eigenvalue weighted by Crippen LogP contribution is 2.27. The quantitative estimate of drug-likeness (QED) is 0.602. The molecule has 0 aromatic carbocycles. The molecule has 0 heterocycles. The van der Waals surface area contributed by atoms with Crippen LogP contribution in [-0.4, -0.2) is 11.7 Å². The lowest BCUT2D eigenvalue weighted by Crippen LogP contribution is -2.07. The molecule has 1 atom stereocenters.